The zero-order valence-corrected chi connectivity index (χ0v) is 11.0. The Balaban J connectivity index is 1.82. The molecule has 0 amide bonds. The molecule has 1 unspecified atom stereocenters. The lowest BCUT2D eigenvalue weighted by molar-refractivity contribution is 0.167. The molecule has 1 heterocycles. The maximum atomic E-state index is 13.7. The Morgan fingerprint density at radius 1 is 1.47 bits per heavy atom. The summed E-state index contributed by atoms with van der Waals surface area (Å²) in [4.78, 5) is 4.07. The van der Waals surface area contributed by atoms with E-state index in [0.717, 1.165) is 18.5 Å². The molecule has 3 rings (SSSR count). The minimum atomic E-state index is -0.768. The first kappa shape index (κ1) is 12.6. The van der Waals surface area contributed by atoms with Gasteiger partial charge in [-0.3, -0.25) is 0 Å². The van der Waals surface area contributed by atoms with Crippen LogP contribution in [0.5, 0.6) is 0 Å². The number of rotatable bonds is 4. The van der Waals surface area contributed by atoms with Crippen molar-refractivity contribution < 1.29 is 9.50 Å². The van der Waals surface area contributed by atoms with Gasteiger partial charge in [0.05, 0.1) is 24.3 Å². The van der Waals surface area contributed by atoms with Gasteiger partial charge in [0.15, 0.2) is 0 Å². The average molecular weight is 281 g/mol. The number of benzene rings is 1. The van der Waals surface area contributed by atoms with Gasteiger partial charge in [0.2, 0.25) is 0 Å². The van der Waals surface area contributed by atoms with Crippen LogP contribution in [0.15, 0.2) is 30.7 Å². The number of nitrogens with zero attached hydrogens (tertiary/aromatic N) is 2. The molecule has 0 saturated heterocycles. The molecule has 0 aliphatic heterocycles. The Bertz CT molecular complexity index is 595. The zero-order chi connectivity index (χ0) is 13.4. The summed E-state index contributed by atoms with van der Waals surface area (Å²) in [6.07, 6.45) is 5.03. The van der Waals surface area contributed by atoms with E-state index in [-0.39, 0.29) is 12.2 Å². The molecule has 100 valence electrons. The third-order valence-corrected chi connectivity index (χ3v) is 3.63. The molecule has 1 saturated carbocycles. The number of hydrogen-bond acceptors (Lipinski definition) is 2. The molecule has 1 aromatic heterocycles. The van der Waals surface area contributed by atoms with Crippen molar-refractivity contribution in [2.45, 2.75) is 31.4 Å². The molecular formula is C14H14ClFN2O. The van der Waals surface area contributed by atoms with Gasteiger partial charge in [-0.15, -0.1) is 0 Å². The summed E-state index contributed by atoms with van der Waals surface area (Å²) in [5.41, 5.74) is 1.16. The standard InChI is InChI=1S/C14H14ClFN2O/c15-10-1-4-12(16)9(5-10)6-14(19)13-7-17-8-18(13)11-2-3-11/h1,4-5,7-8,11,14,19H,2-3,6H2. The number of halogens is 2. The minimum absolute atomic E-state index is 0.199. The molecule has 2 aromatic rings. The molecule has 1 N–H and O–H groups in total. The molecule has 0 radical (unpaired) electrons. The second-order valence-electron chi connectivity index (χ2n) is 4.91. The van der Waals surface area contributed by atoms with Crippen molar-refractivity contribution in [3.63, 3.8) is 0 Å². The average Bonchev–Trinajstić information content (AvgIpc) is 3.11. The van der Waals surface area contributed by atoms with Gasteiger partial charge in [-0.2, -0.15) is 0 Å². The summed E-state index contributed by atoms with van der Waals surface area (Å²) >= 11 is 5.85. The molecule has 1 atom stereocenters. The highest BCUT2D eigenvalue weighted by molar-refractivity contribution is 6.30. The van der Waals surface area contributed by atoms with E-state index in [1.807, 2.05) is 4.57 Å². The molecule has 0 bridgehead atoms. The highest BCUT2D eigenvalue weighted by Gasteiger charge is 2.27. The molecule has 1 aliphatic rings. The molecule has 0 spiro atoms. The van der Waals surface area contributed by atoms with Crippen LogP contribution in [0.3, 0.4) is 0 Å². The molecule has 19 heavy (non-hydrogen) atoms. The van der Waals surface area contributed by atoms with Gasteiger partial charge < -0.3 is 9.67 Å². The Morgan fingerprint density at radius 3 is 3.00 bits per heavy atom. The number of imidazole rings is 1. The lowest BCUT2D eigenvalue weighted by Crippen LogP contribution is -2.09. The van der Waals surface area contributed by atoms with Gasteiger partial charge in [0.1, 0.15) is 5.82 Å². The summed E-state index contributed by atoms with van der Waals surface area (Å²) in [5.74, 6) is -0.346. The summed E-state index contributed by atoms with van der Waals surface area (Å²) in [6, 6.07) is 4.82. The second-order valence-corrected chi connectivity index (χ2v) is 5.35. The zero-order valence-electron chi connectivity index (χ0n) is 10.3. The van der Waals surface area contributed by atoms with E-state index in [1.54, 1.807) is 18.6 Å². The third kappa shape index (κ3) is 2.65. The summed E-state index contributed by atoms with van der Waals surface area (Å²) in [5, 5.41) is 10.7. The first-order valence-corrected chi connectivity index (χ1v) is 6.66. The van der Waals surface area contributed by atoms with Crippen LogP contribution in [0.25, 0.3) is 0 Å². The van der Waals surface area contributed by atoms with Gasteiger partial charge in [0.25, 0.3) is 0 Å². The van der Waals surface area contributed by atoms with E-state index in [9.17, 15) is 9.50 Å². The van der Waals surface area contributed by atoms with Gasteiger partial charge in [-0.1, -0.05) is 11.6 Å². The predicted octanol–water partition coefficient (Wildman–Crippen LogP) is 3.29. The maximum absolute atomic E-state index is 13.7. The maximum Gasteiger partial charge on any atom is 0.126 e. The van der Waals surface area contributed by atoms with Crippen molar-refractivity contribution in [3.8, 4) is 0 Å². The monoisotopic (exact) mass is 280 g/mol. The summed E-state index contributed by atoms with van der Waals surface area (Å²) in [7, 11) is 0. The molecular weight excluding hydrogens is 267 g/mol. The summed E-state index contributed by atoms with van der Waals surface area (Å²) < 4.78 is 15.6. The van der Waals surface area contributed by atoms with Crippen LogP contribution in [0, 0.1) is 5.82 Å². The molecule has 1 aliphatic carbocycles. The first-order valence-electron chi connectivity index (χ1n) is 6.29. The Labute approximate surface area is 115 Å². The fraction of sp³-hybridized carbons (Fsp3) is 0.357. The van der Waals surface area contributed by atoms with Crippen LogP contribution < -0.4 is 0 Å². The Morgan fingerprint density at radius 2 is 2.26 bits per heavy atom. The van der Waals surface area contributed by atoms with Crippen LogP contribution in [0.1, 0.15) is 36.2 Å². The smallest absolute Gasteiger partial charge is 0.126 e. The number of aliphatic hydroxyl groups excluding tert-OH is 1. The van der Waals surface area contributed by atoms with E-state index in [1.165, 1.54) is 12.1 Å². The number of aliphatic hydroxyl groups is 1. The van der Waals surface area contributed by atoms with Gasteiger partial charge in [-0.05, 0) is 36.6 Å². The Hall–Kier alpha value is -1.39. The summed E-state index contributed by atoms with van der Waals surface area (Å²) in [6.45, 7) is 0. The van der Waals surface area contributed by atoms with Crippen molar-refractivity contribution in [1.29, 1.82) is 0 Å². The van der Waals surface area contributed by atoms with Crippen LogP contribution in [-0.4, -0.2) is 14.7 Å². The normalized spacial score (nSPS) is 16.6. The van der Waals surface area contributed by atoms with Crippen LogP contribution in [0.4, 0.5) is 4.39 Å². The highest BCUT2D eigenvalue weighted by atomic mass is 35.5. The van der Waals surface area contributed by atoms with E-state index in [4.69, 9.17) is 11.6 Å². The van der Waals surface area contributed by atoms with E-state index >= 15 is 0 Å². The van der Waals surface area contributed by atoms with Crippen LogP contribution in [0.2, 0.25) is 5.02 Å². The first-order chi connectivity index (χ1) is 9.15. The van der Waals surface area contributed by atoms with E-state index in [2.05, 4.69) is 4.98 Å². The fourth-order valence-electron chi connectivity index (χ4n) is 2.24. The van der Waals surface area contributed by atoms with E-state index < -0.39 is 6.10 Å². The SMILES string of the molecule is OC(Cc1cc(Cl)ccc1F)c1cncn1C1CC1. The Kier molecular flexibility index (Phi) is 3.29. The fourth-order valence-corrected chi connectivity index (χ4v) is 2.44. The topological polar surface area (TPSA) is 38.1 Å². The molecule has 3 nitrogen and oxygen atoms in total. The van der Waals surface area contributed by atoms with Gasteiger partial charge in [0, 0.05) is 17.5 Å². The van der Waals surface area contributed by atoms with Crippen LogP contribution in [-0.2, 0) is 6.42 Å². The quantitative estimate of drug-likeness (QED) is 0.933. The predicted molar refractivity (Wildman–Crippen MR) is 70.6 cm³/mol. The number of hydrogen-bond donors (Lipinski definition) is 1. The molecule has 1 aromatic carbocycles. The van der Waals surface area contributed by atoms with Crippen molar-refractivity contribution >= 4 is 11.6 Å². The van der Waals surface area contributed by atoms with Crippen LogP contribution >= 0.6 is 11.6 Å². The second kappa shape index (κ2) is 4.94. The lowest BCUT2D eigenvalue weighted by atomic mass is 10.1. The largest absolute Gasteiger partial charge is 0.386 e. The van der Waals surface area contributed by atoms with Gasteiger partial charge in [-0.25, -0.2) is 9.37 Å². The van der Waals surface area contributed by atoms with Crippen molar-refractivity contribution in [3.05, 3.63) is 52.8 Å². The highest BCUT2D eigenvalue weighted by Crippen LogP contribution is 2.37. The molecule has 5 heteroatoms. The minimum Gasteiger partial charge on any atom is -0.386 e. The molecule has 1 fully saturated rings. The number of aromatic nitrogens is 2. The lowest BCUT2D eigenvalue weighted by Gasteiger charge is -2.14. The van der Waals surface area contributed by atoms with Crippen molar-refractivity contribution in [1.82, 2.24) is 9.55 Å². The van der Waals surface area contributed by atoms with Crippen molar-refractivity contribution in [2.75, 3.05) is 0 Å². The van der Waals surface area contributed by atoms with Crippen molar-refractivity contribution in [2.24, 2.45) is 0 Å². The van der Waals surface area contributed by atoms with E-state index in [0.29, 0.717) is 16.6 Å². The van der Waals surface area contributed by atoms with Gasteiger partial charge >= 0.3 is 0 Å². The third-order valence-electron chi connectivity index (χ3n) is 3.40.